The Hall–Kier alpha value is -2.84. The molecule has 2 aromatic rings. The molecule has 2 saturated heterocycles. The van der Waals surface area contributed by atoms with E-state index >= 15 is 0 Å². The molecule has 2 fully saturated rings. The SMILES string of the molecule is Cc1cc(C(F)(F)F)nc(N2CC(N3CCC4(CC3)Cc3cc(Cl)ccc3O4)[C@H](O)C2)n1.O=C(O)C(F)(F)F. The molecular formula is C24H25ClF6N4O4. The van der Waals surface area contributed by atoms with Gasteiger partial charge >= 0.3 is 18.3 Å². The lowest BCUT2D eigenvalue weighted by atomic mass is 9.86. The number of nitrogens with zero attached hydrogens (tertiary/aromatic N) is 4. The number of aliphatic carboxylic acids is 1. The van der Waals surface area contributed by atoms with E-state index in [4.69, 9.17) is 26.2 Å². The number of piperidine rings is 1. The average molecular weight is 583 g/mol. The van der Waals surface area contributed by atoms with Crippen LogP contribution in [-0.4, -0.2) is 81.2 Å². The largest absolute Gasteiger partial charge is 0.490 e. The number of fused-ring (bicyclic) bond motifs is 1. The number of hydrogen-bond donors (Lipinski definition) is 2. The fourth-order valence-corrected chi connectivity index (χ4v) is 5.27. The van der Waals surface area contributed by atoms with E-state index in [0.29, 0.717) is 11.6 Å². The summed E-state index contributed by atoms with van der Waals surface area (Å²) in [6, 6.07) is 6.44. The minimum absolute atomic E-state index is 0.0128. The lowest BCUT2D eigenvalue weighted by molar-refractivity contribution is -0.192. The van der Waals surface area contributed by atoms with Crippen molar-refractivity contribution < 1.29 is 46.1 Å². The summed E-state index contributed by atoms with van der Waals surface area (Å²) in [5.41, 5.74) is 0.151. The average Bonchev–Trinajstić information content (AvgIpc) is 3.38. The van der Waals surface area contributed by atoms with Gasteiger partial charge in [-0.25, -0.2) is 14.8 Å². The molecule has 214 valence electrons. The fourth-order valence-electron chi connectivity index (χ4n) is 5.08. The van der Waals surface area contributed by atoms with E-state index in [2.05, 4.69) is 14.9 Å². The molecule has 0 radical (unpaired) electrons. The Bertz CT molecular complexity index is 1220. The molecule has 1 aromatic carbocycles. The summed E-state index contributed by atoms with van der Waals surface area (Å²) in [6.07, 6.45) is -7.88. The van der Waals surface area contributed by atoms with Gasteiger partial charge in [-0.1, -0.05) is 11.6 Å². The van der Waals surface area contributed by atoms with E-state index in [1.807, 2.05) is 18.2 Å². The molecule has 1 aromatic heterocycles. The van der Waals surface area contributed by atoms with Crippen LogP contribution >= 0.6 is 11.6 Å². The number of carbonyl (C=O) groups is 1. The van der Waals surface area contributed by atoms with Gasteiger partial charge in [0.1, 0.15) is 17.0 Å². The van der Waals surface area contributed by atoms with Gasteiger partial charge < -0.3 is 19.8 Å². The number of carboxylic acid groups (broad SMARTS) is 1. The zero-order valence-corrected chi connectivity index (χ0v) is 21.3. The topological polar surface area (TPSA) is 99.0 Å². The number of ether oxygens (including phenoxy) is 1. The minimum atomic E-state index is -5.08. The van der Waals surface area contributed by atoms with Crippen LogP contribution in [0.15, 0.2) is 24.3 Å². The molecule has 5 rings (SSSR count). The van der Waals surface area contributed by atoms with Crippen LogP contribution in [0.2, 0.25) is 5.02 Å². The van der Waals surface area contributed by atoms with Crippen molar-refractivity contribution in [2.24, 2.45) is 0 Å². The van der Waals surface area contributed by atoms with Gasteiger partial charge in [0.25, 0.3) is 0 Å². The molecule has 0 bridgehead atoms. The Morgan fingerprint density at radius 1 is 1.10 bits per heavy atom. The number of aliphatic hydroxyl groups is 1. The first kappa shape index (κ1) is 29.2. The number of halogens is 7. The number of benzene rings is 1. The standard InChI is InChI=1S/C22H24ClF3N4O2.C2HF3O2/c1-13-8-19(22(24,25)26)28-20(27-13)30-11-16(17(31)12-30)29-6-4-21(5-7-29)10-14-9-15(23)2-3-18(14)32-21;3-2(4,5)1(6)7/h2-3,8-9,16-17,31H,4-7,10-12H2,1H3;(H,6,7)/t16?,17-;/m1./s1. The van der Waals surface area contributed by atoms with Crippen LogP contribution in [0, 0.1) is 6.92 Å². The summed E-state index contributed by atoms with van der Waals surface area (Å²) in [5, 5.41) is 18.5. The van der Waals surface area contributed by atoms with E-state index < -0.39 is 30.1 Å². The third-order valence-corrected chi connectivity index (χ3v) is 7.19. The number of β-amino-alcohol motifs (C(OH)–C–C–N with tert-alkyl or cyclic N) is 1. The summed E-state index contributed by atoms with van der Waals surface area (Å²) >= 11 is 6.12. The summed E-state index contributed by atoms with van der Waals surface area (Å²) in [4.78, 5) is 20.6. The van der Waals surface area contributed by atoms with Crippen LogP contribution < -0.4 is 9.64 Å². The Morgan fingerprint density at radius 2 is 1.74 bits per heavy atom. The van der Waals surface area contributed by atoms with Crippen molar-refractivity contribution in [3.63, 3.8) is 0 Å². The monoisotopic (exact) mass is 582 g/mol. The van der Waals surface area contributed by atoms with E-state index in [1.54, 1.807) is 4.90 Å². The van der Waals surface area contributed by atoms with Crippen molar-refractivity contribution in [1.82, 2.24) is 14.9 Å². The molecular weight excluding hydrogens is 558 g/mol. The molecule has 1 spiro atoms. The molecule has 2 N–H and O–H groups in total. The van der Waals surface area contributed by atoms with Crippen LogP contribution in [0.1, 0.15) is 29.8 Å². The van der Waals surface area contributed by atoms with Gasteiger partial charge in [0, 0.05) is 56.2 Å². The first-order valence-corrected chi connectivity index (χ1v) is 12.3. The maximum Gasteiger partial charge on any atom is 0.490 e. The quantitative estimate of drug-likeness (QED) is 0.511. The maximum atomic E-state index is 13.2. The molecule has 0 aliphatic carbocycles. The van der Waals surface area contributed by atoms with Crippen molar-refractivity contribution in [1.29, 1.82) is 0 Å². The van der Waals surface area contributed by atoms with Crippen LogP contribution in [0.3, 0.4) is 0 Å². The first-order chi connectivity index (χ1) is 18.1. The summed E-state index contributed by atoms with van der Waals surface area (Å²) in [5.74, 6) is -1.86. The highest BCUT2D eigenvalue weighted by molar-refractivity contribution is 6.30. The van der Waals surface area contributed by atoms with Gasteiger partial charge in [-0.05, 0) is 36.8 Å². The van der Waals surface area contributed by atoms with Gasteiger partial charge in [0.15, 0.2) is 0 Å². The second-order valence-electron chi connectivity index (χ2n) is 9.78. The van der Waals surface area contributed by atoms with Crippen molar-refractivity contribution in [2.75, 3.05) is 31.1 Å². The molecule has 0 amide bonds. The summed E-state index contributed by atoms with van der Waals surface area (Å²) in [6.45, 7) is 3.57. The summed E-state index contributed by atoms with van der Waals surface area (Å²) < 4.78 is 77.5. The zero-order valence-electron chi connectivity index (χ0n) is 20.6. The van der Waals surface area contributed by atoms with E-state index in [-0.39, 0.29) is 29.8 Å². The number of aliphatic hydroxyl groups excluding tert-OH is 1. The predicted molar refractivity (Wildman–Crippen MR) is 127 cm³/mol. The molecule has 8 nitrogen and oxygen atoms in total. The number of hydrogen-bond acceptors (Lipinski definition) is 7. The normalized spacial score (nSPS) is 22.7. The predicted octanol–water partition coefficient (Wildman–Crippen LogP) is 4.11. The Balaban J connectivity index is 0.000000448. The van der Waals surface area contributed by atoms with E-state index in [1.165, 1.54) is 6.92 Å². The van der Waals surface area contributed by atoms with Gasteiger partial charge in [0.05, 0.1) is 12.1 Å². The lowest BCUT2D eigenvalue weighted by Gasteiger charge is -2.41. The van der Waals surface area contributed by atoms with Crippen molar-refractivity contribution in [2.45, 2.75) is 56.3 Å². The Labute approximate surface area is 224 Å². The third kappa shape index (κ3) is 6.67. The zero-order chi connectivity index (χ0) is 28.8. The van der Waals surface area contributed by atoms with Gasteiger partial charge in [-0.3, -0.25) is 4.90 Å². The number of aromatic nitrogens is 2. The Kier molecular flexibility index (Phi) is 7.94. The van der Waals surface area contributed by atoms with Crippen molar-refractivity contribution in [3.05, 3.63) is 46.2 Å². The first-order valence-electron chi connectivity index (χ1n) is 11.9. The van der Waals surface area contributed by atoms with Crippen molar-refractivity contribution >= 4 is 23.5 Å². The minimum Gasteiger partial charge on any atom is -0.487 e. The molecule has 3 aliphatic rings. The van der Waals surface area contributed by atoms with Gasteiger partial charge in [0.2, 0.25) is 5.95 Å². The number of rotatable bonds is 2. The highest BCUT2D eigenvalue weighted by atomic mass is 35.5. The van der Waals surface area contributed by atoms with E-state index in [0.717, 1.165) is 49.7 Å². The van der Waals surface area contributed by atoms with Gasteiger partial charge in [-0.15, -0.1) is 0 Å². The number of alkyl halides is 6. The number of aryl methyl sites for hydroxylation is 1. The molecule has 4 heterocycles. The molecule has 3 aliphatic heterocycles. The fraction of sp³-hybridized carbons (Fsp3) is 0.542. The number of likely N-dealkylation sites (tertiary alicyclic amines) is 1. The lowest BCUT2D eigenvalue weighted by Crippen LogP contribution is -2.53. The molecule has 2 atom stereocenters. The number of anilines is 1. The molecule has 0 saturated carbocycles. The molecule has 15 heteroatoms. The van der Waals surface area contributed by atoms with Crippen LogP contribution in [0.4, 0.5) is 32.3 Å². The second-order valence-corrected chi connectivity index (χ2v) is 10.2. The molecule has 1 unspecified atom stereocenters. The molecule has 39 heavy (non-hydrogen) atoms. The Morgan fingerprint density at radius 3 is 2.33 bits per heavy atom. The van der Waals surface area contributed by atoms with Gasteiger partial charge in [-0.2, -0.15) is 26.3 Å². The highest BCUT2D eigenvalue weighted by Gasteiger charge is 2.46. The van der Waals surface area contributed by atoms with Crippen molar-refractivity contribution in [3.8, 4) is 5.75 Å². The van der Waals surface area contributed by atoms with E-state index in [9.17, 15) is 31.4 Å². The van der Waals surface area contributed by atoms with Crippen LogP contribution in [-0.2, 0) is 17.4 Å². The van der Waals surface area contributed by atoms with Crippen LogP contribution in [0.25, 0.3) is 0 Å². The number of carboxylic acids is 1. The third-order valence-electron chi connectivity index (χ3n) is 6.96. The smallest absolute Gasteiger partial charge is 0.487 e. The van der Waals surface area contributed by atoms with Crippen LogP contribution in [0.5, 0.6) is 5.75 Å². The highest BCUT2D eigenvalue weighted by Crippen LogP contribution is 2.42. The maximum absolute atomic E-state index is 13.2. The summed E-state index contributed by atoms with van der Waals surface area (Å²) in [7, 11) is 0. The second kappa shape index (κ2) is 10.6.